The maximum absolute atomic E-state index is 10.6. The molecule has 0 fully saturated rings. The van der Waals surface area contributed by atoms with Gasteiger partial charge in [0.2, 0.25) is 0 Å². The highest BCUT2D eigenvalue weighted by Gasteiger charge is 2.07. The molecule has 0 amide bonds. The second-order valence-electron chi connectivity index (χ2n) is 2.09. The van der Waals surface area contributed by atoms with E-state index in [1.165, 1.54) is 23.9 Å². The van der Waals surface area contributed by atoms with Crippen molar-refractivity contribution in [3.8, 4) is 0 Å². The normalized spacial score (nSPS) is 11.5. The Bertz CT molecular complexity index is 353. The molecule has 1 radical (unpaired) electrons. The molecule has 0 aliphatic heterocycles. The van der Waals surface area contributed by atoms with Crippen LogP contribution in [0.5, 0.6) is 0 Å². The van der Waals surface area contributed by atoms with Crippen LogP contribution in [0.1, 0.15) is 0 Å². The Hall–Kier alpha value is -0.520. The van der Waals surface area contributed by atoms with Crippen molar-refractivity contribution < 1.29 is 13.0 Å². The minimum atomic E-state index is -4.06. The predicted molar refractivity (Wildman–Crippen MR) is 47.5 cm³/mol. The van der Waals surface area contributed by atoms with Gasteiger partial charge in [0.25, 0.3) is 10.1 Å². The summed E-state index contributed by atoms with van der Waals surface area (Å²) in [4.78, 5) is 0.753. The first-order valence-corrected chi connectivity index (χ1v) is 5.46. The zero-order chi connectivity index (χ0) is 9.19. The van der Waals surface area contributed by atoms with Crippen LogP contribution >= 0.6 is 11.8 Å². The van der Waals surface area contributed by atoms with E-state index in [0.717, 1.165) is 4.90 Å². The van der Waals surface area contributed by atoms with Crippen LogP contribution in [0, 0.1) is 6.26 Å². The fourth-order valence-corrected chi connectivity index (χ4v) is 1.52. The summed E-state index contributed by atoms with van der Waals surface area (Å²) in [5, 5.41) is 0. The highest BCUT2D eigenvalue weighted by atomic mass is 32.2. The zero-order valence-electron chi connectivity index (χ0n) is 6.10. The van der Waals surface area contributed by atoms with Gasteiger partial charge in [-0.2, -0.15) is 8.42 Å². The van der Waals surface area contributed by atoms with Gasteiger partial charge >= 0.3 is 0 Å². The Morgan fingerprint density at radius 2 is 1.75 bits per heavy atom. The van der Waals surface area contributed by atoms with Crippen molar-refractivity contribution in [2.24, 2.45) is 0 Å². The molecular weight excluding hydrogens is 196 g/mol. The molecule has 0 bridgehead atoms. The molecule has 0 saturated heterocycles. The number of hydrogen-bond acceptors (Lipinski definition) is 3. The third-order valence-electron chi connectivity index (χ3n) is 1.29. The summed E-state index contributed by atoms with van der Waals surface area (Å²) in [5.41, 5.74) is 0. The van der Waals surface area contributed by atoms with E-state index in [4.69, 9.17) is 4.55 Å². The minimum absolute atomic E-state index is 0.0969. The highest BCUT2D eigenvalue weighted by molar-refractivity contribution is 8.00. The first kappa shape index (κ1) is 9.57. The van der Waals surface area contributed by atoms with Crippen molar-refractivity contribution in [2.75, 3.05) is 0 Å². The van der Waals surface area contributed by atoms with Crippen LogP contribution in [0.4, 0.5) is 0 Å². The molecule has 0 aromatic heterocycles. The molecule has 65 valence electrons. The van der Waals surface area contributed by atoms with Crippen LogP contribution in [0.15, 0.2) is 34.1 Å². The van der Waals surface area contributed by atoms with Crippen molar-refractivity contribution in [1.82, 2.24) is 0 Å². The van der Waals surface area contributed by atoms with Crippen molar-refractivity contribution in [3.05, 3.63) is 30.5 Å². The van der Waals surface area contributed by atoms with Gasteiger partial charge in [0.1, 0.15) is 0 Å². The molecule has 12 heavy (non-hydrogen) atoms. The van der Waals surface area contributed by atoms with Gasteiger partial charge in [-0.25, -0.2) is 0 Å². The summed E-state index contributed by atoms with van der Waals surface area (Å²) in [6.45, 7) is 0. The zero-order valence-corrected chi connectivity index (χ0v) is 7.73. The van der Waals surface area contributed by atoms with Gasteiger partial charge in [0.15, 0.2) is 0 Å². The smallest absolute Gasteiger partial charge is 0.282 e. The van der Waals surface area contributed by atoms with Gasteiger partial charge in [-0.15, -0.1) is 11.8 Å². The second-order valence-corrected chi connectivity index (χ2v) is 4.27. The lowest BCUT2D eigenvalue weighted by atomic mass is 10.4. The predicted octanol–water partition coefficient (Wildman–Crippen LogP) is 1.82. The van der Waals surface area contributed by atoms with Crippen LogP contribution in [-0.4, -0.2) is 13.0 Å². The third kappa shape index (κ3) is 2.23. The lowest BCUT2D eigenvalue weighted by molar-refractivity contribution is 0.483. The summed E-state index contributed by atoms with van der Waals surface area (Å²) in [5.74, 6) is 0. The van der Waals surface area contributed by atoms with Crippen molar-refractivity contribution in [3.63, 3.8) is 0 Å². The van der Waals surface area contributed by atoms with Crippen LogP contribution in [0.3, 0.4) is 0 Å². The van der Waals surface area contributed by atoms with Crippen LogP contribution in [0.25, 0.3) is 0 Å². The van der Waals surface area contributed by atoms with Gasteiger partial charge in [-0.1, -0.05) is 0 Å². The molecule has 0 spiro atoms. The Balaban J connectivity index is 3.09. The van der Waals surface area contributed by atoms with Crippen molar-refractivity contribution >= 4 is 21.9 Å². The van der Waals surface area contributed by atoms with Gasteiger partial charge in [-0.3, -0.25) is 4.55 Å². The van der Waals surface area contributed by atoms with E-state index >= 15 is 0 Å². The standard InChI is InChI=1S/C7H7O3S2/c1-11-6-2-4-7(5-3-6)12(8,9)10/h2-5H,1H2,(H,8,9,10). The SMILES string of the molecule is [CH2]Sc1ccc(S(=O)(=O)O)cc1. The lowest BCUT2D eigenvalue weighted by Crippen LogP contribution is -1.96. The summed E-state index contributed by atoms with van der Waals surface area (Å²) >= 11 is 1.26. The molecule has 0 unspecified atom stereocenters. The van der Waals surface area contributed by atoms with E-state index in [0.29, 0.717) is 0 Å². The largest absolute Gasteiger partial charge is 0.294 e. The monoisotopic (exact) mass is 203 g/mol. The van der Waals surface area contributed by atoms with E-state index in [1.54, 1.807) is 12.1 Å². The Morgan fingerprint density at radius 1 is 1.25 bits per heavy atom. The van der Waals surface area contributed by atoms with E-state index < -0.39 is 10.1 Å². The molecule has 0 saturated carbocycles. The molecule has 1 rings (SSSR count). The first-order valence-electron chi connectivity index (χ1n) is 3.03. The molecule has 0 atom stereocenters. The lowest BCUT2D eigenvalue weighted by Gasteiger charge is -1.97. The molecule has 0 heterocycles. The molecule has 3 nitrogen and oxygen atoms in total. The molecule has 1 aromatic rings. The maximum Gasteiger partial charge on any atom is 0.294 e. The molecule has 1 N–H and O–H groups in total. The quantitative estimate of drug-likeness (QED) is 0.588. The molecule has 0 aliphatic carbocycles. The fourth-order valence-electron chi connectivity index (χ4n) is 0.708. The van der Waals surface area contributed by atoms with Gasteiger partial charge in [0, 0.05) is 11.2 Å². The molecule has 0 aliphatic rings. The van der Waals surface area contributed by atoms with Gasteiger partial charge in [0.05, 0.1) is 4.90 Å². The third-order valence-corrected chi connectivity index (χ3v) is 2.76. The van der Waals surface area contributed by atoms with Crippen molar-refractivity contribution in [1.29, 1.82) is 0 Å². The number of benzene rings is 1. The van der Waals surface area contributed by atoms with Crippen LogP contribution < -0.4 is 0 Å². The Kier molecular flexibility index (Phi) is 2.76. The Morgan fingerprint density at radius 3 is 2.08 bits per heavy atom. The van der Waals surface area contributed by atoms with E-state index in [-0.39, 0.29) is 4.90 Å². The number of hydrogen-bond donors (Lipinski definition) is 1. The summed E-state index contributed by atoms with van der Waals surface area (Å²) in [6, 6.07) is 5.84. The summed E-state index contributed by atoms with van der Waals surface area (Å²) in [7, 11) is -4.06. The summed E-state index contributed by atoms with van der Waals surface area (Å²) in [6.07, 6.45) is 3.55. The Labute approximate surface area is 75.5 Å². The average Bonchev–Trinajstić information content (AvgIpc) is 2.03. The van der Waals surface area contributed by atoms with Gasteiger partial charge in [-0.05, 0) is 24.3 Å². The average molecular weight is 203 g/mol. The molecule has 5 heteroatoms. The number of thioether (sulfide) groups is 1. The molecular formula is C7H7O3S2. The first-order chi connectivity index (χ1) is 5.54. The maximum atomic E-state index is 10.6. The minimum Gasteiger partial charge on any atom is -0.282 e. The highest BCUT2D eigenvalue weighted by Crippen LogP contribution is 2.18. The van der Waals surface area contributed by atoms with E-state index in [1.807, 2.05) is 0 Å². The van der Waals surface area contributed by atoms with Crippen molar-refractivity contribution in [2.45, 2.75) is 9.79 Å². The number of rotatable bonds is 2. The van der Waals surface area contributed by atoms with Crippen LogP contribution in [-0.2, 0) is 10.1 Å². The topological polar surface area (TPSA) is 54.4 Å². The fraction of sp³-hybridized carbons (Fsp3) is 0. The van der Waals surface area contributed by atoms with Crippen LogP contribution in [0.2, 0.25) is 0 Å². The van der Waals surface area contributed by atoms with Gasteiger partial charge < -0.3 is 0 Å². The summed E-state index contributed by atoms with van der Waals surface area (Å²) < 4.78 is 29.7. The van der Waals surface area contributed by atoms with E-state index in [9.17, 15) is 8.42 Å². The van der Waals surface area contributed by atoms with E-state index in [2.05, 4.69) is 6.26 Å². The second kappa shape index (κ2) is 3.47. The molecule has 1 aromatic carbocycles.